The van der Waals surface area contributed by atoms with Gasteiger partial charge in [-0.2, -0.15) is 0 Å². The van der Waals surface area contributed by atoms with Gasteiger partial charge in [0.1, 0.15) is 17.3 Å². The molecule has 1 N–H and O–H groups in total. The summed E-state index contributed by atoms with van der Waals surface area (Å²) in [5, 5.41) is 12.0. The highest BCUT2D eigenvalue weighted by Gasteiger charge is 2.37. The molecule has 0 aromatic carbocycles. The number of carbonyl (C=O) groups is 1. The molecule has 7 heteroatoms. The van der Waals surface area contributed by atoms with E-state index in [0.29, 0.717) is 18.0 Å². The Morgan fingerprint density at radius 1 is 1.14 bits per heavy atom. The first-order valence-corrected chi connectivity index (χ1v) is 10.7. The van der Waals surface area contributed by atoms with Gasteiger partial charge in [-0.05, 0) is 57.2 Å². The Morgan fingerprint density at radius 2 is 1.96 bits per heavy atom. The van der Waals surface area contributed by atoms with Crippen molar-refractivity contribution in [1.29, 1.82) is 0 Å². The molecule has 3 aliphatic rings. The van der Waals surface area contributed by atoms with Crippen LogP contribution < -0.4 is 5.32 Å². The number of hydrogen-bond acceptors (Lipinski definition) is 4. The van der Waals surface area contributed by atoms with Crippen LogP contribution in [0, 0.1) is 0 Å². The van der Waals surface area contributed by atoms with Gasteiger partial charge in [-0.3, -0.25) is 9.69 Å². The molecule has 0 spiro atoms. The summed E-state index contributed by atoms with van der Waals surface area (Å²) in [7, 11) is 3.69. The summed E-state index contributed by atoms with van der Waals surface area (Å²) in [6.07, 6.45) is 8.63. The van der Waals surface area contributed by atoms with Crippen LogP contribution in [0.1, 0.15) is 90.8 Å². The standard InChI is InChI=1S/C21H30N6O/c1-22-21(28)18-11-10-16(25(18)2)17-5-3-4-12-26(17)13-19-23-24-20(14-6-7-14)27(19)15-8-9-15/h10-11,14-15,17H,3-9,12-13H2,1-2H3,(H,22,28)/t17-/m1/s1. The summed E-state index contributed by atoms with van der Waals surface area (Å²) in [6, 6.07) is 5.01. The van der Waals surface area contributed by atoms with Crippen LogP contribution in [0.3, 0.4) is 0 Å². The van der Waals surface area contributed by atoms with Gasteiger partial charge in [-0.25, -0.2) is 0 Å². The maximum Gasteiger partial charge on any atom is 0.267 e. The van der Waals surface area contributed by atoms with Crippen molar-refractivity contribution in [2.45, 2.75) is 69.5 Å². The fourth-order valence-corrected chi connectivity index (χ4v) is 4.71. The first-order chi connectivity index (χ1) is 13.7. The third-order valence-electron chi connectivity index (χ3n) is 6.57. The summed E-state index contributed by atoms with van der Waals surface area (Å²) >= 11 is 0. The number of carbonyl (C=O) groups excluding carboxylic acids is 1. The van der Waals surface area contributed by atoms with Crippen LogP contribution in [0.25, 0.3) is 0 Å². The lowest BCUT2D eigenvalue weighted by Crippen LogP contribution is -2.35. The molecule has 1 atom stereocenters. The van der Waals surface area contributed by atoms with Crippen LogP contribution in [0.15, 0.2) is 12.1 Å². The second kappa shape index (κ2) is 7.03. The quantitative estimate of drug-likeness (QED) is 0.834. The second-order valence-corrected chi connectivity index (χ2v) is 8.61. The van der Waals surface area contributed by atoms with Crippen LogP contribution >= 0.6 is 0 Å². The predicted octanol–water partition coefficient (Wildman–Crippen LogP) is 2.92. The molecule has 2 aromatic heterocycles. The molecular formula is C21H30N6O. The molecule has 3 fully saturated rings. The fourth-order valence-electron chi connectivity index (χ4n) is 4.71. The van der Waals surface area contributed by atoms with E-state index in [9.17, 15) is 4.79 Å². The predicted molar refractivity (Wildman–Crippen MR) is 106 cm³/mol. The molecular weight excluding hydrogens is 352 g/mol. The monoisotopic (exact) mass is 382 g/mol. The van der Waals surface area contributed by atoms with Crippen LogP contribution in [-0.4, -0.2) is 43.7 Å². The Balaban J connectivity index is 1.42. The lowest BCUT2D eigenvalue weighted by molar-refractivity contribution is 0.0951. The van der Waals surface area contributed by atoms with Crippen molar-refractivity contribution >= 4 is 5.91 Å². The van der Waals surface area contributed by atoms with Crippen molar-refractivity contribution in [2.24, 2.45) is 7.05 Å². The number of aromatic nitrogens is 4. The molecule has 150 valence electrons. The van der Waals surface area contributed by atoms with E-state index >= 15 is 0 Å². The summed E-state index contributed by atoms with van der Waals surface area (Å²) < 4.78 is 4.52. The zero-order chi connectivity index (χ0) is 19.3. The molecule has 3 heterocycles. The smallest absolute Gasteiger partial charge is 0.267 e. The molecule has 1 saturated heterocycles. The van der Waals surface area contributed by atoms with Gasteiger partial charge >= 0.3 is 0 Å². The maximum atomic E-state index is 12.1. The number of piperidine rings is 1. The van der Waals surface area contributed by atoms with Crippen LogP contribution in [0.4, 0.5) is 0 Å². The maximum absolute atomic E-state index is 12.1. The molecule has 2 saturated carbocycles. The van der Waals surface area contributed by atoms with Crippen molar-refractivity contribution in [3.63, 3.8) is 0 Å². The molecule has 0 bridgehead atoms. The molecule has 2 aliphatic carbocycles. The minimum absolute atomic E-state index is 0.0290. The normalized spacial score (nSPS) is 23.1. The Hall–Kier alpha value is -2.15. The summed E-state index contributed by atoms with van der Waals surface area (Å²) in [4.78, 5) is 14.7. The van der Waals surface area contributed by atoms with Crippen LogP contribution in [0.2, 0.25) is 0 Å². The van der Waals surface area contributed by atoms with E-state index in [1.54, 1.807) is 7.05 Å². The van der Waals surface area contributed by atoms with Gasteiger partial charge in [0.25, 0.3) is 5.91 Å². The van der Waals surface area contributed by atoms with Crippen molar-refractivity contribution < 1.29 is 4.79 Å². The fraction of sp³-hybridized carbons (Fsp3) is 0.667. The highest BCUT2D eigenvalue weighted by atomic mass is 16.1. The van der Waals surface area contributed by atoms with E-state index in [0.717, 1.165) is 31.0 Å². The number of likely N-dealkylation sites (tertiary alicyclic amines) is 1. The lowest BCUT2D eigenvalue weighted by atomic mass is 9.99. The molecule has 0 radical (unpaired) electrons. The van der Waals surface area contributed by atoms with E-state index in [2.05, 4.69) is 35.6 Å². The summed E-state index contributed by atoms with van der Waals surface area (Å²) in [5.41, 5.74) is 1.94. The van der Waals surface area contributed by atoms with Crippen molar-refractivity contribution in [2.75, 3.05) is 13.6 Å². The van der Waals surface area contributed by atoms with Gasteiger partial charge in [0, 0.05) is 31.7 Å². The zero-order valence-corrected chi connectivity index (χ0v) is 16.9. The second-order valence-electron chi connectivity index (χ2n) is 8.61. The van der Waals surface area contributed by atoms with Crippen LogP contribution in [-0.2, 0) is 13.6 Å². The Bertz CT molecular complexity index is 876. The molecule has 5 rings (SSSR count). The number of rotatable bonds is 6. The minimum Gasteiger partial charge on any atom is -0.354 e. The van der Waals surface area contributed by atoms with E-state index in [1.807, 2.05) is 13.1 Å². The van der Waals surface area contributed by atoms with Crippen molar-refractivity contribution in [1.82, 2.24) is 29.5 Å². The number of nitrogens with zero attached hydrogens (tertiary/aromatic N) is 5. The molecule has 1 amide bonds. The highest BCUT2D eigenvalue weighted by molar-refractivity contribution is 5.92. The summed E-state index contributed by atoms with van der Waals surface area (Å²) in [6.45, 7) is 1.92. The van der Waals surface area contributed by atoms with Gasteiger partial charge in [-0.15, -0.1) is 10.2 Å². The van der Waals surface area contributed by atoms with E-state index in [-0.39, 0.29) is 5.91 Å². The zero-order valence-electron chi connectivity index (χ0n) is 16.9. The van der Waals surface area contributed by atoms with Crippen molar-refractivity contribution in [3.05, 3.63) is 35.2 Å². The summed E-state index contributed by atoms with van der Waals surface area (Å²) in [5.74, 6) is 2.98. The van der Waals surface area contributed by atoms with Gasteiger partial charge in [0.05, 0.1) is 12.6 Å². The van der Waals surface area contributed by atoms with Crippen molar-refractivity contribution in [3.8, 4) is 0 Å². The first-order valence-electron chi connectivity index (χ1n) is 10.7. The lowest BCUT2D eigenvalue weighted by Gasteiger charge is -2.36. The Morgan fingerprint density at radius 3 is 2.68 bits per heavy atom. The molecule has 2 aromatic rings. The largest absolute Gasteiger partial charge is 0.354 e. The van der Waals surface area contributed by atoms with Gasteiger partial charge < -0.3 is 14.5 Å². The average molecular weight is 383 g/mol. The number of amides is 1. The Kier molecular flexibility index (Phi) is 4.50. The third-order valence-corrected chi connectivity index (χ3v) is 6.57. The number of nitrogens with one attached hydrogen (secondary N) is 1. The molecule has 0 unspecified atom stereocenters. The molecule has 7 nitrogen and oxygen atoms in total. The van der Waals surface area contributed by atoms with E-state index in [1.165, 1.54) is 50.0 Å². The topological polar surface area (TPSA) is 68.0 Å². The average Bonchev–Trinajstić information content (AvgIpc) is 3.64. The van der Waals surface area contributed by atoms with Gasteiger partial charge in [0.2, 0.25) is 0 Å². The Labute approximate surface area is 166 Å². The van der Waals surface area contributed by atoms with E-state index < -0.39 is 0 Å². The molecule has 28 heavy (non-hydrogen) atoms. The molecule has 1 aliphatic heterocycles. The highest BCUT2D eigenvalue weighted by Crippen LogP contribution is 2.45. The minimum atomic E-state index is -0.0290. The van der Waals surface area contributed by atoms with Gasteiger partial charge in [-0.1, -0.05) is 6.42 Å². The SMILES string of the molecule is CNC(=O)c1ccc([C@H]2CCCCN2Cc2nnc(C3CC3)n2C2CC2)n1C. The first kappa shape index (κ1) is 17.9. The number of hydrogen-bond donors (Lipinski definition) is 1. The van der Waals surface area contributed by atoms with Gasteiger partial charge in [0.15, 0.2) is 0 Å². The third kappa shape index (κ3) is 3.15. The van der Waals surface area contributed by atoms with E-state index in [4.69, 9.17) is 0 Å². The van der Waals surface area contributed by atoms with Crippen LogP contribution in [0.5, 0.6) is 0 Å².